The van der Waals surface area contributed by atoms with Crippen LogP contribution >= 0.6 is 0 Å². The highest BCUT2D eigenvalue weighted by Gasteiger charge is 2.29. The number of hydrogen-bond donors (Lipinski definition) is 2. The average molecular weight is 243 g/mol. The molecule has 0 aromatic rings. The average Bonchev–Trinajstić information content (AvgIpc) is 2.32. The van der Waals surface area contributed by atoms with E-state index in [1.165, 1.54) is 38.5 Å². The van der Waals surface area contributed by atoms with Crippen molar-refractivity contribution in [3.8, 4) is 0 Å². The Morgan fingerprint density at radius 2 is 1.59 bits per heavy atom. The van der Waals surface area contributed by atoms with Gasteiger partial charge in [0, 0.05) is 0 Å². The van der Waals surface area contributed by atoms with Gasteiger partial charge in [-0.25, -0.2) is 0 Å². The van der Waals surface area contributed by atoms with Crippen LogP contribution in [0.25, 0.3) is 0 Å². The smallest absolute Gasteiger partial charge is 0.323 e. The molecule has 2 N–H and O–H groups in total. The molecule has 0 radical (unpaired) electrons. The lowest BCUT2D eigenvalue weighted by Gasteiger charge is -2.24. The van der Waals surface area contributed by atoms with Gasteiger partial charge >= 0.3 is 5.97 Å². The van der Waals surface area contributed by atoms with E-state index in [0.717, 1.165) is 13.0 Å². The largest absolute Gasteiger partial charge is 0.480 e. The summed E-state index contributed by atoms with van der Waals surface area (Å²) in [5.41, 5.74) is -0.748. The second-order valence-corrected chi connectivity index (χ2v) is 5.04. The highest BCUT2D eigenvalue weighted by Crippen LogP contribution is 2.10. The van der Waals surface area contributed by atoms with Crippen molar-refractivity contribution in [3.05, 3.63) is 0 Å². The number of nitrogens with one attached hydrogen (secondary N) is 1. The molecule has 0 saturated heterocycles. The molecule has 0 bridgehead atoms. The molecule has 0 aromatic carbocycles. The first-order valence-corrected chi connectivity index (χ1v) is 7.05. The van der Waals surface area contributed by atoms with Crippen LogP contribution < -0.4 is 5.32 Å². The molecule has 102 valence electrons. The number of hydrogen-bond acceptors (Lipinski definition) is 2. The molecule has 0 rings (SSSR count). The molecule has 0 amide bonds. The summed E-state index contributed by atoms with van der Waals surface area (Å²) >= 11 is 0. The number of unbranched alkanes of at least 4 members (excludes halogenated alkanes) is 6. The minimum atomic E-state index is -0.748. The van der Waals surface area contributed by atoms with E-state index in [9.17, 15) is 4.79 Å². The maximum absolute atomic E-state index is 11.0. The van der Waals surface area contributed by atoms with E-state index in [1.807, 2.05) is 6.92 Å². The summed E-state index contributed by atoms with van der Waals surface area (Å²) in [4.78, 5) is 11.0. The lowest BCUT2D eigenvalue weighted by molar-refractivity contribution is -0.144. The molecule has 17 heavy (non-hydrogen) atoms. The van der Waals surface area contributed by atoms with Crippen molar-refractivity contribution in [2.75, 3.05) is 6.54 Å². The van der Waals surface area contributed by atoms with E-state index in [1.54, 1.807) is 6.92 Å². The van der Waals surface area contributed by atoms with Crippen molar-refractivity contribution in [2.24, 2.45) is 0 Å². The van der Waals surface area contributed by atoms with Gasteiger partial charge in [0.2, 0.25) is 0 Å². The SMILES string of the molecule is CCCCCCCCCNC(C)(CC)C(=O)O. The Kier molecular flexibility index (Phi) is 9.14. The summed E-state index contributed by atoms with van der Waals surface area (Å²) < 4.78 is 0. The first kappa shape index (κ1) is 16.4. The van der Waals surface area contributed by atoms with Gasteiger partial charge in [-0.1, -0.05) is 52.4 Å². The van der Waals surface area contributed by atoms with Crippen LogP contribution in [0.2, 0.25) is 0 Å². The Morgan fingerprint density at radius 1 is 1.06 bits per heavy atom. The standard InChI is InChI=1S/C14H29NO2/c1-4-6-7-8-9-10-11-12-15-14(3,5-2)13(16)17/h15H,4-12H2,1-3H3,(H,16,17). The molecule has 0 aliphatic rings. The van der Waals surface area contributed by atoms with Gasteiger partial charge in [0.05, 0.1) is 0 Å². The number of rotatable bonds is 11. The van der Waals surface area contributed by atoms with Gasteiger partial charge < -0.3 is 10.4 Å². The molecule has 0 heterocycles. The number of carbonyl (C=O) groups is 1. The van der Waals surface area contributed by atoms with Crippen LogP contribution in [0.3, 0.4) is 0 Å². The second kappa shape index (κ2) is 9.46. The zero-order valence-corrected chi connectivity index (χ0v) is 11.7. The Bertz CT molecular complexity index is 206. The van der Waals surface area contributed by atoms with Crippen LogP contribution in [0, 0.1) is 0 Å². The van der Waals surface area contributed by atoms with E-state index < -0.39 is 11.5 Å². The molecular formula is C14H29NO2. The third-order valence-corrected chi connectivity index (χ3v) is 3.47. The summed E-state index contributed by atoms with van der Waals surface area (Å²) in [6, 6.07) is 0. The molecule has 0 spiro atoms. The predicted octanol–water partition coefficient (Wildman–Crippen LogP) is 3.58. The fourth-order valence-corrected chi connectivity index (χ4v) is 1.80. The van der Waals surface area contributed by atoms with Crippen molar-refractivity contribution in [1.82, 2.24) is 5.32 Å². The fourth-order valence-electron chi connectivity index (χ4n) is 1.80. The van der Waals surface area contributed by atoms with Crippen molar-refractivity contribution in [2.45, 2.75) is 77.7 Å². The van der Waals surface area contributed by atoms with Crippen molar-refractivity contribution < 1.29 is 9.90 Å². The van der Waals surface area contributed by atoms with Gasteiger partial charge in [0.25, 0.3) is 0 Å². The molecular weight excluding hydrogens is 214 g/mol. The van der Waals surface area contributed by atoms with E-state index in [-0.39, 0.29) is 0 Å². The monoisotopic (exact) mass is 243 g/mol. The maximum atomic E-state index is 11.0. The minimum absolute atomic E-state index is 0.624. The van der Waals surface area contributed by atoms with Crippen LogP contribution in [0.1, 0.15) is 72.1 Å². The number of carboxylic acids is 1. The summed E-state index contributed by atoms with van der Waals surface area (Å²) in [7, 11) is 0. The van der Waals surface area contributed by atoms with Gasteiger partial charge in [-0.05, 0) is 26.3 Å². The predicted molar refractivity (Wildman–Crippen MR) is 72.3 cm³/mol. The topological polar surface area (TPSA) is 49.3 Å². The molecule has 0 aliphatic heterocycles. The normalized spacial score (nSPS) is 14.5. The van der Waals surface area contributed by atoms with Crippen LogP contribution in [0.15, 0.2) is 0 Å². The van der Waals surface area contributed by atoms with Crippen LogP contribution in [-0.2, 0) is 4.79 Å². The number of aliphatic carboxylic acids is 1. The van der Waals surface area contributed by atoms with Gasteiger partial charge in [0.1, 0.15) is 5.54 Å². The molecule has 0 aromatic heterocycles. The van der Waals surface area contributed by atoms with Gasteiger partial charge in [-0.3, -0.25) is 4.79 Å². The first-order chi connectivity index (χ1) is 8.06. The van der Waals surface area contributed by atoms with Crippen LogP contribution in [-0.4, -0.2) is 23.2 Å². The van der Waals surface area contributed by atoms with Gasteiger partial charge in [-0.2, -0.15) is 0 Å². The summed E-state index contributed by atoms with van der Waals surface area (Å²) in [6.07, 6.45) is 9.46. The first-order valence-electron chi connectivity index (χ1n) is 7.05. The van der Waals surface area contributed by atoms with Gasteiger partial charge in [0.15, 0.2) is 0 Å². The molecule has 1 atom stereocenters. The highest BCUT2D eigenvalue weighted by atomic mass is 16.4. The second-order valence-electron chi connectivity index (χ2n) is 5.04. The quantitative estimate of drug-likeness (QED) is 0.545. The van der Waals surface area contributed by atoms with Crippen molar-refractivity contribution in [1.29, 1.82) is 0 Å². The Labute approximate surface area is 106 Å². The molecule has 0 fully saturated rings. The third-order valence-electron chi connectivity index (χ3n) is 3.47. The lowest BCUT2D eigenvalue weighted by atomic mass is 9.99. The fraction of sp³-hybridized carbons (Fsp3) is 0.929. The molecule has 3 nitrogen and oxygen atoms in total. The van der Waals surface area contributed by atoms with Crippen LogP contribution in [0.5, 0.6) is 0 Å². The highest BCUT2D eigenvalue weighted by molar-refractivity contribution is 5.78. The van der Waals surface area contributed by atoms with Crippen LogP contribution in [0.4, 0.5) is 0 Å². The summed E-state index contributed by atoms with van der Waals surface area (Å²) in [6.45, 7) is 6.70. The van der Waals surface area contributed by atoms with E-state index in [4.69, 9.17) is 5.11 Å². The third kappa shape index (κ3) is 7.37. The van der Waals surface area contributed by atoms with Crippen molar-refractivity contribution in [3.63, 3.8) is 0 Å². The maximum Gasteiger partial charge on any atom is 0.323 e. The Morgan fingerprint density at radius 3 is 2.06 bits per heavy atom. The zero-order valence-electron chi connectivity index (χ0n) is 11.7. The van der Waals surface area contributed by atoms with E-state index >= 15 is 0 Å². The Hall–Kier alpha value is -0.570. The molecule has 0 saturated carbocycles. The summed E-state index contributed by atoms with van der Waals surface area (Å²) in [5.74, 6) is -0.747. The Balaban J connectivity index is 3.47. The van der Waals surface area contributed by atoms with Gasteiger partial charge in [-0.15, -0.1) is 0 Å². The van der Waals surface area contributed by atoms with E-state index in [0.29, 0.717) is 6.42 Å². The molecule has 1 unspecified atom stereocenters. The molecule has 3 heteroatoms. The van der Waals surface area contributed by atoms with E-state index in [2.05, 4.69) is 12.2 Å². The summed E-state index contributed by atoms with van der Waals surface area (Å²) in [5, 5.41) is 12.2. The molecule has 0 aliphatic carbocycles. The number of carboxylic acid groups (broad SMARTS) is 1. The zero-order chi connectivity index (χ0) is 13.1. The van der Waals surface area contributed by atoms with Crippen molar-refractivity contribution >= 4 is 5.97 Å². The lowest BCUT2D eigenvalue weighted by Crippen LogP contribution is -2.49. The minimum Gasteiger partial charge on any atom is -0.480 e.